The number of rotatable bonds is 2. The van der Waals surface area contributed by atoms with Crippen molar-refractivity contribution in [2.45, 2.75) is 6.10 Å². The van der Waals surface area contributed by atoms with Crippen molar-refractivity contribution in [1.29, 1.82) is 0 Å². The molecule has 0 aromatic rings. The van der Waals surface area contributed by atoms with Crippen molar-refractivity contribution >= 4 is 23.2 Å². The van der Waals surface area contributed by atoms with Crippen molar-refractivity contribution in [2.24, 2.45) is 5.92 Å². The van der Waals surface area contributed by atoms with Crippen LogP contribution in [0.4, 0.5) is 0 Å². The second kappa shape index (κ2) is 2.90. The van der Waals surface area contributed by atoms with Gasteiger partial charge >= 0.3 is 0 Å². The van der Waals surface area contributed by atoms with Crippen LogP contribution in [0.3, 0.4) is 0 Å². The van der Waals surface area contributed by atoms with E-state index in [1.165, 1.54) is 0 Å². The molecule has 1 heterocycles. The molecule has 0 aromatic heterocycles. The van der Waals surface area contributed by atoms with Crippen LogP contribution in [0.15, 0.2) is 0 Å². The largest absolute Gasteiger partial charge is 0.376 e. The minimum atomic E-state index is 0.231. The van der Waals surface area contributed by atoms with Gasteiger partial charge in [-0.2, -0.15) is 0 Å². The zero-order chi connectivity index (χ0) is 5.98. The number of alkyl halides is 2. The first-order chi connectivity index (χ1) is 3.88. The van der Waals surface area contributed by atoms with Gasteiger partial charge in [0.2, 0.25) is 0 Å². The third kappa shape index (κ3) is 1.09. The van der Waals surface area contributed by atoms with Crippen LogP contribution in [0, 0.1) is 5.92 Å². The van der Waals surface area contributed by atoms with Gasteiger partial charge in [0.15, 0.2) is 0 Å². The highest BCUT2D eigenvalue weighted by Crippen LogP contribution is 2.22. The van der Waals surface area contributed by atoms with E-state index in [1.807, 2.05) is 0 Å². The highest BCUT2D eigenvalue weighted by molar-refractivity contribution is 6.19. The van der Waals surface area contributed by atoms with Crippen LogP contribution in [-0.2, 0) is 4.74 Å². The summed E-state index contributed by atoms with van der Waals surface area (Å²) in [5, 5.41) is 0. The van der Waals surface area contributed by atoms with E-state index in [4.69, 9.17) is 27.9 Å². The predicted octanol–water partition coefficient (Wildman–Crippen LogP) is 1.48. The summed E-state index contributed by atoms with van der Waals surface area (Å²) in [5.41, 5.74) is 0. The molecule has 48 valence electrons. The summed E-state index contributed by atoms with van der Waals surface area (Å²) in [6, 6.07) is 0. The zero-order valence-electron chi connectivity index (χ0n) is 4.44. The van der Waals surface area contributed by atoms with Gasteiger partial charge in [-0.3, -0.25) is 0 Å². The standard InChI is InChI=1S/C5H8Cl2O/c6-1-4-3-8-5(4)2-7/h4-5H,1-3H2. The van der Waals surface area contributed by atoms with E-state index in [-0.39, 0.29) is 6.10 Å². The molecule has 1 nitrogen and oxygen atoms in total. The maximum atomic E-state index is 5.54. The Kier molecular flexibility index (Phi) is 2.42. The minimum absolute atomic E-state index is 0.231. The molecule has 8 heavy (non-hydrogen) atoms. The molecule has 3 heteroatoms. The van der Waals surface area contributed by atoms with Gasteiger partial charge in [-0.1, -0.05) is 0 Å². The molecule has 0 bridgehead atoms. The fourth-order valence-electron chi connectivity index (χ4n) is 0.683. The lowest BCUT2D eigenvalue weighted by molar-refractivity contribution is -0.0897. The van der Waals surface area contributed by atoms with E-state index in [2.05, 4.69) is 0 Å². The van der Waals surface area contributed by atoms with Crippen molar-refractivity contribution in [2.75, 3.05) is 18.4 Å². The third-order valence-corrected chi connectivity index (χ3v) is 2.10. The van der Waals surface area contributed by atoms with Crippen LogP contribution < -0.4 is 0 Å². The molecule has 2 atom stereocenters. The maximum absolute atomic E-state index is 5.54. The van der Waals surface area contributed by atoms with Crippen LogP contribution >= 0.6 is 23.2 Å². The maximum Gasteiger partial charge on any atom is 0.0772 e. The predicted molar refractivity (Wildman–Crippen MR) is 34.7 cm³/mol. The molecule has 2 unspecified atom stereocenters. The Morgan fingerprint density at radius 2 is 2.12 bits per heavy atom. The smallest absolute Gasteiger partial charge is 0.0772 e. The Bertz CT molecular complexity index is 62.8. The normalized spacial score (nSPS) is 36.8. The SMILES string of the molecule is ClCC1COC1CCl. The van der Waals surface area contributed by atoms with Crippen LogP contribution in [-0.4, -0.2) is 24.5 Å². The van der Waals surface area contributed by atoms with Crippen LogP contribution in [0.5, 0.6) is 0 Å². The monoisotopic (exact) mass is 154 g/mol. The third-order valence-electron chi connectivity index (χ3n) is 1.40. The summed E-state index contributed by atoms with van der Waals surface area (Å²) >= 11 is 11.0. The van der Waals surface area contributed by atoms with E-state index in [9.17, 15) is 0 Å². The number of hydrogen-bond donors (Lipinski definition) is 0. The van der Waals surface area contributed by atoms with E-state index in [0.717, 1.165) is 6.61 Å². The molecule has 0 aliphatic carbocycles. The van der Waals surface area contributed by atoms with Gasteiger partial charge in [0.1, 0.15) is 0 Å². The molecule has 1 saturated heterocycles. The Balaban J connectivity index is 2.16. The molecule has 1 rings (SSSR count). The fourth-order valence-corrected chi connectivity index (χ4v) is 1.31. The summed E-state index contributed by atoms with van der Waals surface area (Å²) in [7, 11) is 0. The minimum Gasteiger partial charge on any atom is -0.376 e. The molecule has 0 spiro atoms. The van der Waals surface area contributed by atoms with Gasteiger partial charge < -0.3 is 4.74 Å². The molecular weight excluding hydrogens is 147 g/mol. The van der Waals surface area contributed by atoms with E-state index in [1.54, 1.807) is 0 Å². The van der Waals surface area contributed by atoms with Crippen molar-refractivity contribution in [3.63, 3.8) is 0 Å². The Morgan fingerprint density at radius 1 is 1.38 bits per heavy atom. The molecular formula is C5H8Cl2O. The summed E-state index contributed by atoms with van der Waals surface area (Å²) in [5.74, 6) is 1.77. The summed E-state index contributed by atoms with van der Waals surface area (Å²) in [6.07, 6.45) is 0.231. The van der Waals surface area contributed by atoms with Crippen molar-refractivity contribution in [3.8, 4) is 0 Å². The van der Waals surface area contributed by atoms with Gasteiger partial charge in [-0.05, 0) is 0 Å². The number of hydrogen-bond acceptors (Lipinski definition) is 1. The van der Waals surface area contributed by atoms with Gasteiger partial charge in [-0.25, -0.2) is 0 Å². The lowest BCUT2D eigenvalue weighted by atomic mass is 10.0. The molecule has 0 N–H and O–H groups in total. The molecule has 0 radical (unpaired) electrons. The molecule has 1 fully saturated rings. The topological polar surface area (TPSA) is 9.23 Å². The highest BCUT2D eigenvalue weighted by atomic mass is 35.5. The number of ether oxygens (including phenoxy) is 1. The van der Waals surface area contributed by atoms with Crippen LogP contribution in [0.25, 0.3) is 0 Å². The molecule has 1 aliphatic heterocycles. The summed E-state index contributed by atoms with van der Waals surface area (Å²) in [6.45, 7) is 0.793. The molecule has 1 aliphatic rings. The number of halogens is 2. The quantitative estimate of drug-likeness (QED) is 0.548. The average molecular weight is 155 g/mol. The fraction of sp³-hybridized carbons (Fsp3) is 1.00. The lowest BCUT2D eigenvalue weighted by Gasteiger charge is -2.33. The van der Waals surface area contributed by atoms with Gasteiger partial charge in [0.25, 0.3) is 0 Å². The van der Waals surface area contributed by atoms with Crippen LogP contribution in [0.1, 0.15) is 0 Å². The molecule has 0 saturated carbocycles. The van der Waals surface area contributed by atoms with Crippen molar-refractivity contribution in [1.82, 2.24) is 0 Å². The van der Waals surface area contributed by atoms with E-state index < -0.39 is 0 Å². The van der Waals surface area contributed by atoms with Crippen LogP contribution in [0.2, 0.25) is 0 Å². The first-order valence-electron chi connectivity index (χ1n) is 2.62. The molecule has 0 amide bonds. The second-order valence-corrected chi connectivity index (χ2v) is 2.56. The Hall–Kier alpha value is 0.540. The Morgan fingerprint density at radius 3 is 2.25 bits per heavy atom. The van der Waals surface area contributed by atoms with Crippen molar-refractivity contribution in [3.05, 3.63) is 0 Å². The van der Waals surface area contributed by atoms with Gasteiger partial charge in [0, 0.05) is 17.7 Å². The van der Waals surface area contributed by atoms with Crippen molar-refractivity contribution < 1.29 is 4.74 Å². The lowest BCUT2D eigenvalue weighted by Crippen LogP contribution is -2.42. The summed E-state index contributed by atoms with van der Waals surface area (Å²) < 4.78 is 5.07. The van der Waals surface area contributed by atoms with E-state index in [0.29, 0.717) is 17.7 Å². The van der Waals surface area contributed by atoms with Gasteiger partial charge in [0.05, 0.1) is 12.7 Å². The summed E-state index contributed by atoms with van der Waals surface area (Å²) in [4.78, 5) is 0. The van der Waals surface area contributed by atoms with Gasteiger partial charge in [-0.15, -0.1) is 23.2 Å². The molecule has 0 aromatic carbocycles. The average Bonchev–Trinajstić information content (AvgIpc) is 1.66. The first-order valence-corrected chi connectivity index (χ1v) is 3.69. The first kappa shape index (κ1) is 6.66. The zero-order valence-corrected chi connectivity index (χ0v) is 5.95. The second-order valence-electron chi connectivity index (χ2n) is 1.94. The highest BCUT2D eigenvalue weighted by Gasteiger charge is 2.29. The van der Waals surface area contributed by atoms with E-state index >= 15 is 0 Å². The Labute approximate surface area is 58.9 Å².